The SMILES string of the molecule is CCn1c(C)cc(C(=O)CN2C(=O)NC(c3ccc(F)cc3)(c3ccc(F)cc3)C2=O)c1C. The quantitative estimate of drug-likeness (QED) is 0.454. The third-order valence-electron chi connectivity index (χ3n) is 6.15. The van der Waals surface area contributed by atoms with Gasteiger partial charge >= 0.3 is 6.03 Å². The maximum absolute atomic E-state index is 13.7. The molecule has 0 atom stereocenters. The summed E-state index contributed by atoms with van der Waals surface area (Å²) in [5.41, 5.74) is 0.994. The lowest BCUT2D eigenvalue weighted by atomic mass is 9.82. The van der Waals surface area contributed by atoms with Crippen molar-refractivity contribution in [2.24, 2.45) is 0 Å². The van der Waals surface area contributed by atoms with Crippen LogP contribution < -0.4 is 5.32 Å². The normalized spacial score (nSPS) is 15.1. The molecule has 0 spiro atoms. The van der Waals surface area contributed by atoms with E-state index in [1.54, 1.807) is 6.07 Å². The smallest absolute Gasteiger partial charge is 0.325 e. The molecule has 2 aromatic carbocycles. The fourth-order valence-corrected chi connectivity index (χ4v) is 4.48. The first kappa shape index (κ1) is 22.4. The molecule has 33 heavy (non-hydrogen) atoms. The first-order valence-electron chi connectivity index (χ1n) is 10.5. The predicted octanol–water partition coefficient (Wildman–Crippen LogP) is 4.08. The molecule has 6 nitrogen and oxygen atoms in total. The number of aryl methyl sites for hydroxylation is 1. The molecule has 1 aliphatic heterocycles. The van der Waals surface area contributed by atoms with Crippen molar-refractivity contribution in [1.82, 2.24) is 14.8 Å². The van der Waals surface area contributed by atoms with E-state index in [9.17, 15) is 23.2 Å². The molecule has 170 valence electrons. The van der Waals surface area contributed by atoms with E-state index in [-0.39, 0.29) is 5.78 Å². The lowest BCUT2D eigenvalue weighted by molar-refractivity contribution is -0.129. The highest BCUT2D eigenvalue weighted by atomic mass is 19.1. The number of halogens is 2. The molecule has 3 amide bonds. The number of imide groups is 1. The topological polar surface area (TPSA) is 71.4 Å². The first-order chi connectivity index (χ1) is 15.7. The number of carbonyl (C=O) groups is 3. The molecule has 1 aromatic heterocycles. The largest absolute Gasteiger partial charge is 0.349 e. The van der Waals surface area contributed by atoms with Gasteiger partial charge < -0.3 is 9.88 Å². The number of ketones is 1. The van der Waals surface area contributed by atoms with Crippen LogP contribution in [-0.4, -0.2) is 33.7 Å². The highest BCUT2D eigenvalue weighted by Gasteiger charge is 2.54. The molecular formula is C25H23F2N3O3. The molecule has 1 aliphatic rings. The molecule has 1 saturated heterocycles. The number of hydrogen-bond donors (Lipinski definition) is 1. The Labute approximate surface area is 189 Å². The second kappa shape index (κ2) is 8.27. The number of Topliss-reactive ketones (excluding diaryl/α,β-unsaturated/α-hetero) is 1. The average molecular weight is 451 g/mol. The van der Waals surface area contributed by atoms with E-state index in [1.807, 2.05) is 25.3 Å². The van der Waals surface area contributed by atoms with Crippen LogP contribution >= 0.6 is 0 Å². The third kappa shape index (κ3) is 3.61. The van der Waals surface area contributed by atoms with Crippen LogP contribution in [0.15, 0.2) is 54.6 Å². The van der Waals surface area contributed by atoms with Crippen molar-refractivity contribution < 1.29 is 23.2 Å². The van der Waals surface area contributed by atoms with Crippen molar-refractivity contribution in [3.8, 4) is 0 Å². The maximum atomic E-state index is 13.7. The van der Waals surface area contributed by atoms with Gasteiger partial charge in [0.1, 0.15) is 11.6 Å². The summed E-state index contributed by atoms with van der Waals surface area (Å²) in [5, 5.41) is 2.67. The zero-order valence-electron chi connectivity index (χ0n) is 18.5. The Hall–Kier alpha value is -3.81. The van der Waals surface area contributed by atoms with Gasteiger partial charge in [0.2, 0.25) is 0 Å². The number of aromatic nitrogens is 1. The molecule has 0 unspecified atom stereocenters. The second-order valence-electron chi connectivity index (χ2n) is 8.04. The highest BCUT2D eigenvalue weighted by molar-refractivity contribution is 6.13. The molecule has 8 heteroatoms. The van der Waals surface area contributed by atoms with Gasteiger partial charge in [0.25, 0.3) is 5.91 Å². The fourth-order valence-electron chi connectivity index (χ4n) is 4.48. The number of rotatable bonds is 6. The van der Waals surface area contributed by atoms with Crippen LogP contribution in [0.1, 0.15) is 39.8 Å². The zero-order chi connectivity index (χ0) is 23.9. The summed E-state index contributed by atoms with van der Waals surface area (Å²) in [6.07, 6.45) is 0. The van der Waals surface area contributed by atoms with Crippen LogP contribution in [-0.2, 0) is 16.9 Å². The van der Waals surface area contributed by atoms with Crippen molar-refractivity contribution in [2.75, 3.05) is 6.54 Å². The summed E-state index contributed by atoms with van der Waals surface area (Å²) in [5.74, 6) is -2.09. The molecule has 0 bridgehead atoms. The molecular weight excluding hydrogens is 428 g/mol. The third-order valence-corrected chi connectivity index (χ3v) is 6.15. The van der Waals surface area contributed by atoms with Crippen molar-refractivity contribution in [2.45, 2.75) is 32.9 Å². The lowest BCUT2D eigenvalue weighted by Crippen LogP contribution is -2.45. The molecule has 2 heterocycles. The van der Waals surface area contributed by atoms with Gasteiger partial charge in [-0.2, -0.15) is 0 Å². The molecule has 0 aliphatic carbocycles. The Balaban J connectivity index is 1.75. The van der Waals surface area contributed by atoms with E-state index < -0.39 is 35.7 Å². The molecule has 3 aromatic rings. The summed E-state index contributed by atoms with van der Waals surface area (Å²) in [4.78, 5) is 40.6. The number of nitrogens with zero attached hydrogens (tertiary/aromatic N) is 2. The molecule has 4 rings (SSSR count). The maximum Gasteiger partial charge on any atom is 0.325 e. The number of benzene rings is 2. The van der Waals surface area contributed by atoms with Gasteiger partial charge in [-0.15, -0.1) is 0 Å². The van der Waals surface area contributed by atoms with Gasteiger partial charge in [0.05, 0.1) is 6.54 Å². The fraction of sp³-hybridized carbons (Fsp3) is 0.240. The van der Waals surface area contributed by atoms with E-state index >= 15 is 0 Å². The van der Waals surface area contributed by atoms with Gasteiger partial charge in [-0.1, -0.05) is 24.3 Å². The van der Waals surface area contributed by atoms with Crippen molar-refractivity contribution >= 4 is 17.7 Å². The molecule has 0 saturated carbocycles. The highest BCUT2D eigenvalue weighted by Crippen LogP contribution is 2.36. The Morgan fingerprint density at radius 1 is 0.939 bits per heavy atom. The van der Waals surface area contributed by atoms with Crippen molar-refractivity contribution in [1.29, 1.82) is 0 Å². The van der Waals surface area contributed by atoms with Crippen LogP contribution in [0.3, 0.4) is 0 Å². The minimum absolute atomic E-state index is 0.299. The predicted molar refractivity (Wildman–Crippen MR) is 118 cm³/mol. The van der Waals surface area contributed by atoms with Crippen molar-refractivity contribution in [3.05, 3.63) is 94.3 Å². The van der Waals surface area contributed by atoms with E-state index in [4.69, 9.17) is 0 Å². The second-order valence-corrected chi connectivity index (χ2v) is 8.04. The monoisotopic (exact) mass is 451 g/mol. The molecule has 0 radical (unpaired) electrons. The molecule has 1 N–H and O–H groups in total. The number of carbonyl (C=O) groups excluding carboxylic acids is 3. The average Bonchev–Trinajstić information content (AvgIpc) is 3.22. The summed E-state index contributed by atoms with van der Waals surface area (Å²) in [6, 6.07) is 11.2. The van der Waals surface area contributed by atoms with Gasteiger partial charge in [0.15, 0.2) is 11.3 Å². The molecule has 1 fully saturated rings. The standard InChI is InChI=1S/C25H23F2N3O3/c1-4-29-15(2)13-21(16(29)3)22(31)14-30-23(32)25(28-24(30)33,17-5-9-19(26)10-6-17)18-7-11-20(27)12-8-18/h5-13H,4,14H2,1-3H3,(H,28,33). The Bertz CT molecular complexity index is 1200. The van der Waals surface area contributed by atoms with Crippen LogP contribution in [0.2, 0.25) is 0 Å². The summed E-state index contributed by atoms with van der Waals surface area (Å²) < 4.78 is 29.1. The zero-order valence-corrected chi connectivity index (χ0v) is 18.5. The van der Waals surface area contributed by atoms with Gasteiger partial charge in [-0.3, -0.25) is 14.5 Å². The van der Waals surface area contributed by atoms with Gasteiger partial charge in [-0.25, -0.2) is 13.6 Å². The van der Waals surface area contributed by atoms with E-state index in [1.165, 1.54) is 48.5 Å². The summed E-state index contributed by atoms with van der Waals surface area (Å²) in [7, 11) is 0. The Morgan fingerprint density at radius 3 is 1.91 bits per heavy atom. The number of urea groups is 1. The first-order valence-corrected chi connectivity index (χ1v) is 10.5. The van der Waals surface area contributed by atoms with Crippen LogP contribution in [0, 0.1) is 25.5 Å². The number of nitrogens with one attached hydrogen (secondary N) is 1. The van der Waals surface area contributed by atoms with Crippen LogP contribution in [0.25, 0.3) is 0 Å². The lowest BCUT2D eigenvalue weighted by Gasteiger charge is -2.28. The summed E-state index contributed by atoms with van der Waals surface area (Å²) >= 11 is 0. The van der Waals surface area contributed by atoms with E-state index in [2.05, 4.69) is 5.32 Å². The number of hydrogen-bond acceptors (Lipinski definition) is 3. The number of amides is 3. The van der Waals surface area contributed by atoms with E-state index in [0.717, 1.165) is 16.3 Å². The van der Waals surface area contributed by atoms with Crippen LogP contribution in [0.5, 0.6) is 0 Å². The minimum atomic E-state index is -1.71. The Morgan fingerprint density at radius 2 is 1.45 bits per heavy atom. The summed E-state index contributed by atoms with van der Waals surface area (Å²) in [6.45, 7) is 5.90. The van der Waals surface area contributed by atoms with Gasteiger partial charge in [0, 0.05) is 23.5 Å². The van der Waals surface area contributed by atoms with Crippen LogP contribution in [0.4, 0.5) is 13.6 Å². The van der Waals surface area contributed by atoms with E-state index in [0.29, 0.717) is 23.2 Å². The van der Waals surface area contributed by atoms with Crippen molar-refractivity contribution in [3.63, 3.8) is 0 Å². The Kier molecular flexibility index (Phi) is 5.61. The van der Waals surface area contributed by atoms with Gasteiger partial charge in [-0.05, 0) is 62.2 Å². The minimum Gasteiger partial charge on any atom is -0.349 e.